The molecule has 0 fully saturated rings. The molecule has 3 N–H and O–H groups in total. The molecule has 2 aromatic rings. The lowest BCUT2D eigenvalue weighted by molar-refractivity contribution is -0.137. The highest BCUT2D eigenvalue weighted by Gasteiger charge is 2.22. The van der Waals surface area contributed by atoms with Crippen LogP contribution < -0.4 is 15.5 Å². The van der Waals surface area contributed by atoms with Crippen LogP contribution in [-0.4, -0.2) is 35.6 Å². The first kappa shape index (κ1) is 20.4. The molecule has 1 aliphatic rings. The number of nitrogens with zero attached hydrogens (tertiary/aromatic N) is 1. The second-order valence-corrected chi connectivity index (χ2v) is 7.18. The van der Waals surface area contributed by atoms with Gasteiger partial charge in [-0.25, -0.2) is 4.79 Å². The van der Waals surface area contributed by atoms with E-state index in [1.54, 1.807) is 17.9 Å². The maximum absolute atomic E-state index is 12.5. The van der Waals surface area contributed by atoms with Gasteiger partial charge < -0.3 is 20.6 Å². The number of hydrogen-bond acceptors (Lipinski definition) is 3. The molecule has 0 saturated carbocycles. The number of carbonyl (C=O) groups excluding carboxylic acids is 2. The van der Waals surface area contributed by atoms with Gasteiger partial charge in [-0.2, -0.15) is 0 Å². The van der Waals surface area contributed by atoms with E-state index in [2.05, 4.69) is 10.6 Å². The highest BCUT2D eigenvalue weighted by molar-refractivity contribution is 5.95. The topological polar surface area (TPSA) is 98.7 Å². The van der Waals surface area contributed by atoms with E-state index in [0.717, 1.165) is 23.2 Å². The van der Waals surface area contributed by atoms with Gasteiger partial charge >= 0.3 is 12.0 Å². The molecule has 0 aromatic heterocycles. The number of urea groups is 1. The van der Waals surface area contributed by atoms with Gasteiger partial charge in [0.05, 0.1) is 0 Å². The Morgan fingerprint density at radius 3 is 2.59 bits per heavy atom. The van der Waals surface area contributed by atoms with Crippen molar-refractivity contribution in [3.8, 4) is 0 Å². The van der Waals surface area contributed by atoms with Gasteiger partial charge in [0.25, 0.3) is 0 Å². The fraction of sp³-hybridized carbons (Fsp3) is 0.318. The number of fused-ring (bicyclic) bond motifs is 1. The van der Waals surface area contributed by atoms with E-state index in [9.17, 15) is 14.4 Å². The van der Waals surface area contributed by atoms with Gasteiger partial charge in [-0.1, -0.05) is 30.3 Å². The van der Waals surface area contributed by atoms with Gasteiger partial charge in [0.1, 0.15) is 0 Å². The van der Waals surface area contributed by atoms with Crippen molar-refractivity contribution < 1.29 is 19.5 Å². The molecule has 1 unspecified atom stereocenters. The van der Waals surface area contributed by atoms with Gasteiger partial charge in [-0.15, -0.1) is 0 Å². The zero-order valence-electron chi connectivity index (χ0n) is 16.4. The molecule has 152 valence electrons. The van der Waals surface area contributed by atoms with E-state index in [4.69, 9.17) is 5.11 Å². The highest BCUT2D eigenvalue weighted by atomic mass is 16.4. The summed E-state index contributed by atoms with van der Waals surface area (Å²) < 4.78 is 0. The molecule has 7 heteroatoms. The number of hydrogen-bond donors (Lipinski definition) is 3. The van der Waals surface area contributed by atoms with Crippen LogP contribution in [0.4, 0.5) is 16.2 Å². The summed E-state index contributed by atoms with van der Waals surface area (Å²) in [7, 11) is 0. The van der Waals surface area contributed by atoms with Crippen molar-refractivity contribution in [1.29, 1.82) is 0 Å². The van der Waals surface area contributed by atoms with Crippen LogP contribution in [-0.2, 0) is 22.4 Å². The molecule has 7 nitrogen and oxygen atoms in total. The van der Waals surface area contributed by atoms with E-state index >= 15 is 0 Å². The lowest BCUT2D eigenvalue weighted by atomic mass is 10.0. The molecular formula is C22H25N3O4. The van der Waals surface area contributed by atoms with Crippen molar-refractivity contribution in [2.45, 2.75) is 38.6 Å². The van der Waals surface area contributed by atoms with Gasteiger partial charge in [0.15, 0.2) is 0 Å². The van der Waals surface area contributed by atoms with Crippen molar-refractivity contribution >= 4 is 29.3 Å². The summed E-state index contributed by atoms with van der Waals surface area (Å²) in [5.74, 6) is -0.886. The summed E-state index contributed by atoms with van der Waals surface area (Å²) in [4.78, 5) is 36.8. The minimum Gasteiger partial charge on any atom is -0.481 e. The molecule has 0 spiro atoms. The Kier molecular flexibility index (Phi) is 6.49. The monoisotopic (exact) mass is 395 g/mol. The number of nitrogens with one attached hydrogen (secondary N) is 2. The molecule has 29 heavy (non-hydrogen) atoms. The van der Waals surface area contributed by atoms with Crippen LogP contribution >= 0.6 is 0 Å². The Morgan fingerprint density at radius 1 is 1.14 bits per heavy atom. The Labute approximate surface area is 169 Å². The molecular weight excluding hydrogens is 370 g/mol. The summed E-state index contributed by atoms with van der Waals surface area (Å²) in [6.07, 6.45) is 1.63. The molecule has 2 aromatic carbocycles. The third-order valence-corrected chi connectivity index (χ3v) is 4.98. The summed E-state index contributed by atoms with van der Waals surface area (Å²) >= 11 is 0. The van der Waals surface area contributed by atoms with E-state index in [0.29, 0.717) is 25.1 Å². The highest BCUT2D eigenvalue weighted by Crippen LogP contribution is 2.30. The fourth-order valence-corrected chi connectivity index (χ4v) is 3.58. The molecule has 0 bridgehead atoms. The first-order valence-electron chi connectivity index (χ1n) is 9.66. The number of carboxylic acids is 1. The van der Waals surface area contributed by atoms with Crippen molar-refractivity contribution in [2.24, 2.45) is 0 Å². The smallest absolute Gasteiger partial charge is 0.319 e. The number of carbonyl (C=O) groups is 3. The largest absolute Gasteiger partial charge is 0.481 e. The Hall–Kier alpha value is -3.35. The van der Waals surface area contributed by atoms with E-state index in [1.807, 2.05) is 42.5 Å². The van der Waals surface area contributed by atoms with Crippen LogP contribution in [0.15, 0.2) is 48.5 Å². The van der Waals surface area contributed by atoms with Crippen molar-refractivity contribution in [3.05, 3.63) is 59.7 Å². The summed E-state index contributed by atoms with van der Waals surface area (Å²) in [5, 5.41) is 14.7. The van der Waals surface area contributed by atoms with Gasteiger partial charge in [0.2, 0.25) is 5.91 Å². The Morgan fingerprint density at radius 2 is 1.90 bits per heavy atom. The predicted molar refractivity (Wildman–Crippen MR) is 111 cm³/mol. The SMILES string of the molecule is CC(=O)N1CCc2cc(NC(=O)NC(CCC(=O)O)Cc3ccccc3)ccc21. The van der Waals surface area contributed by atoms with E-state index < -0.39 is 5.97 Å². The first-order valence-corrected chi connectivity index (χ1v) is 9.66. The maximum atomic E-state index is 12.5. The molecule has 3 amide bonds. The summed E-state index contributed by atoms with van der Waals surface area (Å²) in [5.41, 5.74) is 3.57. The third-order valence-electron chi connectivity index (χ3n) is 4.98. The minimum absolute atomic E-state index is 0.00406. The van der Waals surface area contributed by atoms with Gasteiger partial charge in [-0.05, 0) is 48.6 Å². The Bertz CT molecular complexity index is 898. The molecule has 1 aliphatic heterocycles. The Balaban J connectivity index is 1.63. The third kappa shape index (κ3) is 5.57. The van der Waals surface area contributed by atoms with E-state index in [1.165, 1.54) is 0 Å². The predicted octanol–water partition coefficient (Wildman–Crippen LogP) is 3.19. The first-order chi connectivity index (χ1) is 13.9. The molecule has 1 heterocycles. The van der Waals surface area contributed by atoms with Crippen LogP contribution in [0.2, 0.25) is 0 Å². The van der Waals surface area contributed by atoms with Crippen molar-refractivity contribution in [3.63, 3.8) is 0 Å². The molecule has 0 aliphatic carbocycles. The quantitative estimate of drug-likeness (QED) is 0.670. The number of anilines is 2. The maximum Gasteiger partial charge on any atom is 0.319 e. The number of amides is 3. The summed E-state index contributed by atoms with van der Waals surface area (Å²) in [6.45, 7) is 2.19. The molecule has 3 rings (SSSR count). The zero-order valence-corrected chi connectivity index (χ0v) is 16.4. The van der Waals surface area contributed by atoms with Gasteiger partial charge in [0, 0.05) is 37.3 Å². The molecule has 1 atom stereocenters. The standard InChI is InChI=1S/C22H25N3O4/c1-15(26)25-12-11-17-14-19(7-9-20(17)25)24-22(29)23-18(8-10-21(27)28)13-16-5-3-2-4-6-16/h2-7,9,14,18H,8,10-13H2,1H3,(H,27,28)(H2,23,24,29). The number of rotatable bonds is 7. The van der Waals surface area contributed by atoms with Crippen molar-refractivity contribution in [2.75, 3.05) is 16.8 Å². The van der Waals surface area contributed by atoms with Crippen LogP contribution in [0.3, 0.4) is 0 Å². The summed E-state index contributed by atoms with van der Waals surface area (Å²) in [6, 6.07) is 14.5. The number of aliphatic carboxylic acids is 1. The number of carboxylic acid groups (broad SMARTS) is 1. The van der Waals surface area contributed by atoms with Crippen LogP contribution in [0, 0.1) is 0 Å². The normalized spacial score (nSPS) is 13.5. The minimum atomic E-state index is -0.890. The van der Waals surface area contributed by atoms with Gasteiger partial charge in [-0.3, -0.25) is 9.59 Å². The lowest BCUT2D eigenvalue weighted by Crippen LogP contribution is -2.39. The van der Waals surface area contributed by atoms with E-state index in [-0.39, 0.29) is 24.4 Å². The average molecular weight is 395 g/mol. The van der Waals surface area contributed by atoms with Crippen LogP contribution in [0.1, 0.15) is 30.9 Å². The number of benzene rings is 2. The zero-order chi connectivity index (χ0) is 20.8. The second kappa shape index (κ2) is 9.23. The molecule has 0 radical (unpaired) electrons. The van der Waals surface area contributed by atoms with Crippen LogP contribution in [0.5, 0.6) is 0 Å². The molecule has 0 saturated heterocycles. The van der Waals surface area contributed by atoms with Crippen LogP contribution in [0.25, 0.3) is 0 Å². The average Bonchev–Trinajstić information content (AvgIpc) is 3.10. The fourth-order valence-electron chi connectivity index (χ4n) is 3.58. The van der Waals surface area contributed by atoms with Crippen molar-refractivity contribution in [1.82, 2.24) is 5.32 Å². The second-order valence-electron chi connectivity index (χ2n) is 7.18. The lowest BCUT2D eigenvalue weighted by Gasteiger charge is -2.19.